The minimum atomic E-state index is -2.01. The predicted molar refractivity (Wildman–Crippen MR) is 54.0 cm³/mol. The van der Waals surface area contributed by atoms with Crippen molar-refractivity contribution in [2.45, 2.75) is 7.59 Å². The van der Waals surface area contributed by atoms with Crippen LogP contribution < -0.4 is 0 Å². The van der Waals surface area contributed by atoms with Gasteiger partial charge < -0.3 is 4.74 Å². The zero-order chi connectivity index (χ0) is 10.5. The molecule has 1 aliphatic rings. The fourth-order valence-corrected chi connectivity index (χ4v) is 2.91. The van der Waals surface area contributed by atoms with Gasteiger partial charge in [0.25, 0.3) is 0 Å². The average Bonchev–Trinajstić information content (AvgIpc) is 1.77. The summed E-state index contributed by atoms with van der Waals surface area (Å²) in [5, 5.41) is 0. The molecular weight excluding hydrogens is 305 g/mol. The van der Waals surface area contributed by atoms with Crippen LogP contribution in [0.2, 0.25) is 0 Å². The first-order valence-corrected chi connectivity index (χ1v) is 5.20. The highest BCUT2D eigenvalue weighted by Gasteiger charge is 2.72. The van der Waals surface area contributed by atoms with Gasteiger partial charge in [0.1, 0.15) is 6.61 Å². The SMILES string of the molecule is O=C1OCC1(C(Cl)(Cl)Cl)C(Cl)(Cl)Cl. The number of rotatable bonds is 0. The summed E-state index contributed by atoms with van der Waals surface area (Å²) < 4.78 is 0.441. The standard InChI is InChI=1S/C5H2Cl6O2/c6-4(7,8)3(5(9,10)11)1-13-2(3)12/h1H2. The molecule has 1 rings (SSSR count). The van der Waals surface area contributed by atoms with E-state index in [-0.39, 0.29) is 6.61 Å². The molecule has 8 heteroatoms. The quantitative estimate of drug-likeness (QED) is 0.507. The lowest BCUT2D eigenvalue weighted by Crippen LogP contribution is -2.63. The summed E-state index contributed by atoms with van der Waals surface area (Å²) in [5.41, 5.74) is -1.71. The van der Waals surface area contributed by atoms with Gasteiger partial charge in [-0.25, -0.2) is 0 Å². The first kappa shape index (κ1) is 12.3. The van der Waals surface area contributed by atoms with Gasteiger partial charge in [0.05, 0.1) is 0 Å². The van der Waals surface area contributed by atoms with Crippen molar-refractivity contribution in [1.29, 1.82) is 0 Å². The highest BCUT2D eigenvalue weighted by Crippen LogP contribution is 2.61. The maximum Gasteiger partial charge on any atom is 0.324 e. The number of carbonyl (C=O) groups excluding carboxylic acids is 1. The molecule has 1 aliphatic heterocycles. The van der Waals surface area contributed by atoms with Gasteiger partial charge in [0.15, 0.2) is 5.41 Å². The Morgan fingerprint density at radius 3 is 1.46 bits per heavy atom. The van der Waals surface area contributed by atoms with Crippen LogP contribution in [0.1, 0.15) is 0 Å². The van der Waals surface area contributed by atoms with E-state index in [1.165, 1.54) is 0 Å². The summed E-state index contributed by atoms with van der Waals surface area (Å²) in [6.07, 6.45) is 0. The number of halogens is 6. The number of alkyl halides is 6. The normalized spacial score (nSPS) is 22.2. The van der Waals surface area contributed by atoms with E-state index in [1.807, 2.05) is 0 Å². The van der Waals surface area contributed by atoms with Gasteiger partial charge in [-0.2, -0.15) is 0 Å². The third-order valence-electron chi connectivity index (χ3n) is 1.74. The van der Waals surface area contributed by atoms with Crippen LogP contribution in [-0.4, -0.2) is 20.2 Å². The maximum atomic E-state index is 11.1. The Bertz CT molecular complexity index is 224. The number of cyclic esters (lactones) is 1. The molecule has 0 saturated carbocycles. The van der Waals surface area contributed by atoms with Crippen LogP contribution in [0.4, 0.5) is 0 Å². The molecule has 0 aliphatic carbocycles. The summed E-state index contributed by atoms with van der Waals surface area (Å²) in [6, 6.07) is 0. The van der Waals surface area contributed by atoms with Gasteiger partial charge in [0, 0.05) is 0 Å². The van der Waals surface area contributed by atoms with Crippen molar-refractivity contribution in [3.8, 4) is 0 Å². The van der Waals surface area contributed by atoms with Crippen molar-refractivity contribution in [1.82, 2.24) is 0 Å². The highest BCUT2D eigenvalue weighted by molar-refractivity contribution is 6.74. The van der Waals surface area contributed by atoms with Crippen LogP contribution in [0.5, 0.6) is 0 Å². The van der Waals surface area contributed by atoms with E-state index in [1.54, 1.807) is 0 Å². The number of esters is 1. The van der Waals surface area contributed by atoms with E-state index >= 15 is 0 Å². The molecule has 0 unspecified atom stereocenters. The molecule has 1 heterocycles. The fraction of sp³-hybridized carbons (Fsp3) is 0.800. The molecule has 76 valence electrons. The van der Waals surface area contributed by atoms with Crippen molar-refractivity contribution in [2.75, 3.05) is 6.61 Å². The van der Waals surface area contributed by atoms with Gasteiger partial charge in [0.2, 0.25) is 7.59 Å². The molecule has 0 atom stereocenters. The minimum Gasteiger partial charge on any atom is -0.463 e. The lowest BCUT2D eigenvalue weighted by Gasteiger charge is -2.47. The minimum absolute atomic E-state index is 0.223. The topological polar surface area (TPSA) is 26.3 Å². The van der Waals surface area contributed by atoms with E-state index in [4.69, 9.17) is 69.6 Å². The number of carbonyl (C=O) groups is 1. The molecule has 2 nitrogen and oxygen atoms in total. The summed E-state index contributed by atoms with van der Waals surface area (Å²) in [5.74, 6) is -0.826. The molecule has 1 saturated heterocycles. The lowest BCUT2D eigenvalue weighted by molar-refractivity contribution is -0.184. The Morgan fingerprint density at radius 2 is 1.46 bits per heavy atom. The van der Waals surface area contributed by atoms with Crippen molar-refractivity contribution >= 4 is 75.6 Å². The first-order chi connectivity index (χ1) is 5.63. The van der Waals surface area contributed by atoms with Gasteiger partial charge in [-0.15, -0.1) is 0 Å². The Hall–Kier alpha value is 1.21. The second-order valence-corrected chi connectivity index (χ2v) is 7.04. The second-order valence-electron chi connectivity index (χ2n) is 2.48. The van der Waals surface area contributed by atoms with Gasteiger partial charge >= 0.3 is 5.97 Å². The zero-order valence-corrected chi connectivity index (χ0v) is 10.3. The van der Waals surface area contributed by atoms with Crippen molar-refractivity contribution in [3.05, 3.63) is 0 Å². The maximum absolute atomic E-state index is 11.1. The van der Waals surface area contributed by atoms with Crippen molar-refractivity contribution in [2.24, 2.45) is 5.41 Å². The monoisotopic (exact) mass is 304 g/mol. The molecular formula is C5H2Cl6O2. The molecule has 0 bridgehead atoms. The molecule has 1 fully saturated rings. The van der Waals surface area contributed by atoms with Gasteiger partial charge in [-0.3, -0.25) is 4.79 Å². The summed E-state index contributed by atoms with van der Waals surface area (Å²) in [6.45, 7) is -0.223. The third kappa shape index (κ3) is 1.70. The fourth-order valence-electron chi connectivity index (χ4n) is 0.831. The summed E-state index contributed by atoms with van der Waals surface area (Å²) >= 11 is 33.3. The number of hydrogen-bond donors (Lipinski definition) is 0. The van der Waals surface area contributed by atoms with Crippen LogP contribution in [0.25, 0.3) is 0 Å². The van der Waals surface area contributed by atoms with E-state index < -0.39 is 19.0 Å². The van der Waals surface area contributed by atoms with Gasteiger partial charge in [-0.1, -0.05) is 69.6 Å². The smallest absolute Gasteiger partial charge is 0.324 e. The molecule has 13 heavy (non-hydrogen) atoms. The molecule has 0 spiro atoms. The van der Waals surface area contributed by atoms with Gasteiger partial charge in [-0.05, 0) is 0 Å². The van der Waals surface area contributed by atoms with Crippen LogP contribution >= 0.6 is 69.6 Å². The molecule has 0 aromatic carbocycles. The largest absolute Gasteiger partial charge is 0.463 e. The molecule has 0 aromatic heterocycles. The van der Waals surface area contributed by atoms with Crippen LogP contribution in [0.3, 0.4) is 0 Å². The number of ether oxygens (including phenoxy) is 1. The Morgan fingerprint density at radius 1 is 1.08 bits per heavy atom. The van der Waals surface area contributed by atoms with Crippen molar-refractivity contribution in [3.63, 3.8) is 0 Å². The predicted octanol–water partition coefficient (Wildman–Crippen LogP) is 3.27. The second kappa shape index (κ2) is 3.36. The highest BCUT2D eigenvalue weighted by atomic mass is 35.6. The average molecular weight is 307 g/mol. The van der Waals surface area contributed by atoms with E-state index in [0.717, 1.165) is 0 Å². The molecule has 0 amide bonds. The molecule has 0 aromatic rings. The van der Waals surface area contributed by atoms with Crippen LogP contribution in [0, 0.1) is 5.41 Å². The zero-order valence-electron chi connectivity index (χ0n) is 5.79. The van der Waals surface area contributed by atoms with Crippen LogP contribution in [0.15, 0.2) is 0 Å². The van der Waals surface area contributed by atoms with E-state index in [2.05, 4.69) is 4.74 Å². The Labute approximate surface area is 104 Å². The molecule has 0 radical (unpaired) electrons. The van der Waals surface area contributed by atoms with Crippen LogP contribution in [-0.2, 0) is 9.53 Å². The first-order valence-electron chi connectivity index (χ1n) is 2.93. The summed E-state index contributed by atoms with van der Waals surface area (Å²) in [7, 11) is 0. The number of hydrogen-bond acceptors (Lipinski definition) is 2. The Balaban J connectivity index is 3.12. The van der Waals surface area contributed by atoms with E-state index in [0.29, 0.717) is 0 Å². The van der Waals surface area contributed by atoms with E-state index in [9.17, 15) is 4.79 Å². The summed E-state index contributed by atoms with van der Waals surface area (Å²) in [4.78, 5) is 11.1. The third-order valence-corrected chi connectivity index (χ3v) is 3.67. The Kier molecular flexibility index (Phi) is 3.17. The molecule has 0 N–H and O–H groups in total. The lowest BCUT2D eigenvalue weighted by atomic mass is 9.88. The van der Waals surface area contributed by atoms with Crippen molar-refractivity contribution < 1.29 is 9.53 Å².